The predicted molar refractivity (Wildman–Crippen MR) is 60.7 cm³/mol. The highest BCUT2D eigenvalue weighted by Crippen LogP contribution is 2.06. The third-order valence-corrected chi connectivity index (χ3v) is 1.61. The van der Waals surface area contributed by atoms with Gasteiger partial charge in [0, 0.05) is 0 Å². The van der Waals surface area contributed by atoms with Crippen molar-refractivity contribution in [2.75, 3.05) is 0 Å². The zero-order chi connectivity index (χ0) is 11.0. The van der Waals surface area contributed by atoms with E-state index in [4.69, 9.17) is 0 Å². The standard InChI is InChI=1S/C9H10.C3H5NO/c1-3-9-7-5-4-6-8(9)2;1-2-3(4)5/h3-7H,1H2,2H3;2H,1H2,(H2,4,5). The first-order valence-corrected chi connectivity index (χ1v) is 4.21. The number of hydrogen-bond donors (Lipinski definition) is 1. The molecule has 0 unspecified atom stereocenters. The first-order chi connectivity index (χ1) is 6.61. The average Bonchev–Trinajstić information content (AvgIpc) is 2.19. The van der Waals surface area contributed by atoms with Gasteiger partial charge >= 0.3 is 0 Å². The van der Waals surface area contributed by atoms with Crippen molar-refractivity contribution in [2.24, 2.45) is 5.73 Å². The Balaban J connectivity index is 0.000000292. The molecule has 0 radical (unpaired) electrons. The monoisotopic (exact) mass is 189 g/mol. The number of rotatable bonds is 2. The van der Waals surface area contributed by atoms with Crippen LogP contribution in [-0.2, 0) is 4.79 Å². The zero-order valence-corrected chi connectivity index (χ0v) is 8.36. The molecule has 1 amide bonds. The van der Waals surface area contributed by atoms with Gasteiger partial charge in [0.2, 0.25) is 5.91 Å². The highest BCUT2D eigenvalue weighted by atomic mass is 16.1. The molecule has 14 heavy (non-hydrogen) atoms. The van der Waals surface area contributed by atoms with Crippen molar-refractivity contribution in [3.63, 3.8) is 0 Å². The van der Waals surface area contributed by atoms with Crippen molar-refractivity contribution in [1.29, 1.82) is 0 Å². The van der Waals surface area contributed by atoms with Crippen LogP contribution in [0.5, 0.6) is 0 Å². The second-order valence-corrected chi connectivity index (χ2v) is 2.67. The first kappa shape index (κ1) is 12.2. The van der Waals surface area contributed by atoms with E-state index in [-0.39, 0.29) is 0 Å². The maximum absolute atomic E-state index is 9.47. The van der Waals surface area contributed by atoms with Crippen LogP contribution in [0, 0.1) is 6.92 Å². The lowest BCUT2D eigenvalue weighted by atomic mass is 10.1. The van der Waals surface area contributed by atoms with E-state index >= 15 is 0 Å². The number of carbonyl (C=O) groups excluding carboxylic acids is 1. The van der Waals surface area contributed by atoms with Crippen LogP contribution in [-0.4, -0.2) is 5.91 Å². The second-order valence-electron chi connectivity index (χ2n) is 2.67. The molecule has 74 valence electrons. The normalized spacial score (nSPS) is 8.07. The van der Waals surface area contributed by atoms with Gasteiger partial charge in [0.15, 0.2) is 0 Å². The van der Waals surface area contributed by atoms with E-state index in [0.717, 1.165) is 6.08 Å². The van der Waals surface area contributed by atoms with Crippen molar-refractivity contribution < 1.29 is 4.79 Å². The maximum atomic E-state index is 9.47. The van der Waals surface area contributed by atoms with Gasteiger partial charge in [-0.3, -0.25) is 4.79 Å². The smallest absolute Gasteiger partial charge is 0.240 e. The summed E-state index contributed by atoms with van der Waals surface area (Å²) in [5.41, 5.74) is 7.04. The quantitative estimate of drug-likeness (QED) is 0.713. The Morgan fingerprint density at radius 2 is 1.86 bits per heavy atom. The minimum absolute atomic E-state index is 0.481. The second kappa shape index (κ2) is 6.66. The Morgan fingerprint density at radius 1 is 1.36 bits per heavy atom. The summed E-state index contributed by atoms with van der Waals surface area (Å²) in [4.78, 5) is 9.47. The minimum atomic E-state index is -0.481. The fourth-order valence-electron chi connectivity index (χ4n) is 0.816. The molecule has 1 aromatic rings. The number of amides is 1. The summed E-state index contributed by atoms with van der Waals surface area (Å²) in [7, 11) is 0. The molecular formula is C12H15NO. The van der Waals surface area contributed by atoms with Gasteiger partial charge in [-0.1, -0.05) is 43.5 Å². The lowest BCUT2D eigenvalue weighted by molar-refractivity contribution is -0.113. The molecule has 0 spiro atoms. The molecule has 0 saturated carbocycles. The molecular weight excluding hydrogens is 174 g/mol. The van der Waals surface area contributed by atoms with Gasteiger partial charge in [0.05, 0.1) is 0 Å². The molecule has 2 N–H and O–H groups in total. The molecule has 1 aromatic carbocycles. The van der Waals surface area contributed by atoms with Crippen LogP contribution in [0.1, 0.15) is 11.1 Å². The van der Waals surface area contributed by atoms with E-state index in [1.807, 2.05) is 18.2 Å². The predicted octanol–water partition coefficient (Wildman–Crippen LogP) is 2.30. The molecule has 0 heterocycles. The number of carbonyl (C=O) groups is 1. The summed E-state index contributed by atoms with van der Waals surface area (Å²) in [6, 6.07) is 8.19. The van der Waals surface area contributed by atoms with Gasteiger partial charge in [-0.15, -0.1) is 0 Å². The molecule has 0 atom stereocenters. The molecule has 0 fully saturated rings. The van der Waals surface area contributed by atoms with Gasteiger partial charge in [-0.25, -0.2) is 0 Å². The van der Waals surface area contributed by atoms with E-state index in [0.29, 0.717) is 0 Å². The number of aryl methyl sites for hydroxylation is 1. The van der Waals surface area contributed by atoms with E-state index in [9.17, 15) is 4.79 Å². The average molecular weight is 189 g/mol. The van der Waals surface area contributed by atoms with Crippen LogP contribution >= 0.6 is 0 Å². The van der Waals surface area contributed by atoms with Crippen LogP contribution in [0.4, 0.5) is 0 Å². The van der Waals surface area contributed by atoms with Gasteiger partial charge in [-0.2, -0.15) is 0 Å². The van der Waals surface area contributed by atoms with E-state index in [2.05, 4.69) is 37.9 Å². The fourth-order valence-corrected chi connectivity index (χ4v) is 0.816. The minimum Gasteiger partial charge on any atom is -0.366 e. The Bertz CT molecular complexity index is 329. The van der Waals surface area contributed by atoms with Gasteiger partial charge in [-0.05, 0) is 24.1 Å². The molecule has 0 aromatic heterocycles. The SMILES string of the molecule is C=CC(N)=O.C=Cc1ccccc1C. The van der Waals surface area contributed by atoms with Crippen molar-refractivity contribution in [1.82, 2.24) is 0 Å². The number of benzene rings is 1. The summed E-state index contributed by atoms with van der Waals surface area (Å²) in [5.74, 6) is -0.481. The molecule has 1 rings (SSSR count). The Kier molecular flexibility index (Phi) is 5.79. The van der Waals surface area contributed by atoms with Gasteiger partial charge in [0.1, 0.15) is 0 Å². The van der Waals surface area contributed by atoms with E-state index in [1.54, 1.807) is 0 Å². The highest BCUT2D eigenvalue weighted by molar-refractivity contribution is 5.84. The molecule has 0 bridgehead atoms. The maximum Gasteiger partial charge on any atom is 0.240 e. The van der Waals surface area contributed by atoms with Crippen molar-refractivity contribution in [3.05, 3.63) is 54.6 Å². The largest absolute Gasteiger partial charge is 0.366 e. The highest BCUT2D eigenvalue weighted by Gasteiger charge is 1.86. The molecule has 2 nitrogen and oxygen atoms in total. The molecule has 0 aliphatic heterocycles. The summed E-state index contributed by atoms with van der Waals surface area (Å²) in [6.45, 7) is 8.86. The van der Waals surface area contributed by atoms with Gasteiger partial charge in [0.25, 0.3) is 0 Å². The Morgan fingerprint density at radius 3 is 2.14 bits per heavy atom. The molecule has 0 aliphatic rings. The van der Waals surface area contributed by atoms with Gasteiger partial charge < -0.3 is 5.73 Å². The van der Waals surface area contributed by atoms with Crippen LogP contribution < -0.4 is 5.73 Å². The fraction of sp³-hybridized carbons (Fsp3) is 0.0833. The van der Waals surface area contributed by atoms with Crippen molar-refractivity contribution >= 4 is 12.0 Å². The van der Waals surface area contributed by atoms with E-state index in [1.165, 1.54) is 11.1 Å². The topological polar surface area (TPSA) is 43.1 Å². The summed E-state index contributed by atoms with van der Waals surface area (Å²) in [6.07, 6.45) is 2.93. The summed E-state index contributed by atoms with van der Waals surface area (Å²) >= 11 is 0. The molecule has 0 saturated heterocycles. The first-order valence-electron chi connectivity index (χ1n) is 4.21. The van der Waals surface area contributed by atoms with Crippen LogP contribution in [0.25, 0.3) is 6.08 Å². The summed E-state index contributed by atoms with van der Waals surface area (Å²) < 4.78 is 0. The lowest BCUT2D eigenvalue weighted by Crippen LogP contribution is -2.04. The third kappa shape index (κ3) is 4.93. The van der Waals surface area contributed by atoms with Crippen LogP contribution in [0.2, 0.25) is 0 Å². The number of nitrogens with two attached hydrogens (primary N) is 1. The van der Waals surface area contributed by atoms with Crippen molar-refractivity contribution in [3.8, 4) is 0 Å². The molecule has 2 heteroatoms. The summed E-state index contributed by atoms with van der Waals surface area (Å²) in [5, 5.41) is 0. The Hall–Kier alpha value is -1.83. The van der Waals surface area contributed by atoms with E-state index < -0.39 is 5.91 Å². The van der Waals surface area contributed by atoms with Crippen molar-refractivity contribution in [2.45, 2.75) is 6.92 Å². The zero-order valence-electron chi connectivity index (χ0n) is 8.36. The molecule has 0 aliphatic carbocycles. The van der Waals surface area contributed by atoms with Crippen LogP contribution in [0.3, 0.4) is 0 Å². The lowest BCUT2D eigenvalue weighted by Gasteiger charge is -1.95. The number of hydrogen-bond acceptors (Lipinski definition) is 1. The Labute approximate surface area is 84.7 Å². The van der Waals surface area contributed by atoms with Crippen LogP contribution in [0.15, 0.2) is 43.5 Å². The third-order valence-electron chi connectivity index (χ3n) is 1.61. The number of primary amides is 1.